The molecule has 2 rings (SSSR count). The minimum Gasteiger partial charge on any atom is -0.467 e. The summed E-state index contributed by atoms with van der Waals surface area (Å²) >= 11 is 3.41. The zero-order valence-electron chi connectivity index (χ0n) is 10.3. The molecule has 0 atom stereocenters. The van der Waals surface area contributed by atoms with Crippen molar-refractivity contribution >= 4 is 15.9 Å². The molecule has 0 radical (unpaired) electrons. The van der Waals surface area contributed by atoms with Crippen LogP contribution in [0.4, 0.5) is 0 Å². The van der Waals surface area contributed by atoms with Gasteiger partial charge in [0.05, 0.1) is 12.9 Å². The first-order valence-corrected chi connectivity index (χ1v) is 6.61. The first-order valence-electron chi connectivity index (χ1n) is 5.81. The topological polar surface area (TPSA) is 34.4 Å². The molecule has 0 saturated heterocycles. The minimum atomic E-state index is 0.500. The maximum Gasteiger partial charge on any atom is 0.133 e. The minimum absolute atomic E-state index is 0.500. The van der Waals surface area contributed by atoms with E-state index in [1.807, 2.05) is 37.4 Å². The predicted molar refractivity (Wildman–Crippen MR) is 74.1 cm³/mol. The Bertz CT molecular complexity index is 479. The van der Waals surface area contributed by atoms with Crippen LogP contribution in [0.15, 0.2) is 45.5 Å². The first-order chi connectivity index (χ1) is 8.79. The molecule has 1 aromatic heterocycles. The lowest BCUT2D eigenvalue weighted by molar-refractivity contribution is 0.0921. The van der Waals surface area contributed by atoms with Crippen LogP contribution in [0.2, 0.25) is 0 Å². The van der Waals surface area contributed by atoms with Gasteiger partial charge in [-0.05, 0) is 30.8 Å². The third-order valence-corrected chi connectivity index (χ3v) is 3.15. The number of hydrogen-bond donors (Lipinski definition) is 1. The van der Waals surface area contributed by atoms with E-state index in [9.17, 15) is 0 Å². The van der Waals surface area contributed by atoms with Gasteiger partial charge in [0.25, 0.3) is 0 Å². The summed E-state index contributed by atoms with van der Waals surface area (Å²) < 4.78 is 12.1. The lowest BCUT2D eigenvalue weighted by atomic mass is 10.2. The molecule has 0 spiro atoms. The Balaban J connectivity index is 1.84. The fourth-order valence-corrected chi connectivity index (χ4v) is 1.95. The van der Waals surface area contributed by atoms with E-state index < -0.39 is 0 Å². The van der Waals surface area contributed by atoms with Crippen molar-refractivity contribution in [2.75, 3.05) is 7.05 Å². The van der Waals surface area contributed by atoms with Crippen molar-refractivity contribution in [3.8, 4) is 0 Å². The molecular formula is C14H16BrNO2. The van der Waals surface area contributed by atoms with Gasteiger partial charge in [-0.1, -0.05) is 28.1 Å². The fourth-order valence-electron chi connectivity index (χ4n) is 1.68. The molecule has 0 aliphatic rings. The lowest BCUT2D eigenvalue weighted by Gasteiger charge is -2.05. The van der Waals surface area contributed by atoms with Gasteiger partial charge in [0.15, 0.2) is 0 Å². The molecular weight excluding hydrogens is 294 g/mol. The Kier molecular flexibility index (Phi) is 4.99. The molecule has 0 bridgehead atoms. The molecule has 0 fully saturated rings. The smallest absolute Gasteiger partial charge is 0.133 e. The number of benzene rings is 1. The van der Waals surface area contributed by atoms with Gasteiger partial charge >= 0.3 is 0 Å². The molecule has 0 amide bonds. The van der Waals surface area contributed by atoms with E-state index in [1.165, 1.54) is 0 Å². The second-order valence-electron chi connectivity index (χ2n) is 4.02. The van der Waals surface area contributed by atoms with Crippen LogP contribution in [0.3, 0.4) is 0 Å². The van der Waals surface area contributed by atoms with Gasteiger partial charge in [-0.2, -0.15) is 0 Å². The zero-order chi connectivity index (χ0) is 12.8. The van der Waals surface area contributed by atoms with E-state index in [2.05, 4.69) is 21.2 Å². The normalized spacial score (nSPS) is 10.8. The highest BCUT2D eigenvalue weighted by atomic mass is 79.9. The monoisotopic (exact) mass is 309 g/mol. The molecule has 1 heterocycles. The van der Waals surface area contributed by atoms with E-state index in [1.54, 1.807) is 6.26 Å². The molecule has 0 aliphatic carbocycles. The number of nitrogens with one attached hydrogen (secondary N) is 1. The summed E-state index contributed by atoms with van der Waals surface area (Å²) in [7, 11) is 1.92. The average Bonchev–Trinajstić information content (AvgIpc) is 2.80. The van der Waals surface area contributed by atoms with E-state index >= 15 is 0 Å². The van der Waals surface area contributed by atoms with E-state index in [-0.39, 0.29) is 0 Å². The van der Waals surface area contributed by atoms with Crippen molar-refractivity contribution in [3.05, 3.63) is 58.0 Å². The Morgan fingerprint density at radius 1 is 1.17 bits per heavy atom. The van der Waals surface area contributed by atoms with Crippen molar-refractivity contribution in [3.63, 3.8) is 0 Å². The van der Waals surface area contributed by atoms with Crippen LogP contribution in [-0.4, -0.2) is 7.05 Å². The van der Waals surface area contributed by atoms with Crippen LogP contribution < -0.4 is 5.32 Å². The second-order valence-corrected chi connectivity index (χ2v) is 4.93. The van der Waals surface area contributed by atoms with Gasteiger partial charge in [-0.3, -0.25) is 0 Å². The standard InChI is InChI=1S/C14H16BrNO2/c1-16-8-12-6-7-18-14(12)10-17-9-11-2-4-13(15)5-3-11/h2-7,16H,8-10H2,1H3. The van der Waals surface area contributed by atoms with Crippen molar-refractivity contribution < 1.29 is 9.15 Å². The molecule has 3 nitrogen and oxygen atoms in total. The molecule has 0 unspecified atom stereocenters. The molecule has 0 saturated carbocycles. The SMILES string of the molecule is CNCc1ccoc1COCc1ccc(Br)cc1. The second kappa shape index (κ2) is 6.73. The number of halogens is 1. The van der Waals surface area contributed by atoms with Crippen LogP contribution >= 0.6 is 15.9 Å². The first kappa shape index (κ1) is 13.3. The number of rotatable bonds is 6. The maximum absolute atomic E-state index is 5.65. The Morgan fingerprint density at radius 3 is 2.67 bits per heavy atom. The largest absolute Gasteiger partial charge is 0.467 e. The Hall–Kier alpha value is -1.10. The highest BCUT2D eigenvalue weighted by molar-refractivity contribution is 9.10. The van der Waals surface area contributed by atoms with Gasteiger partial charge < -0.3 is 14.5 Å². The third kappa shape index (κ3) is 3.70. The van der Waals surface area contributed by atoms with Crippen molar-refractivity contribution in [1.29, 1.82) is 0 Å². The summed E-state index contributed by atoms with van der Waals surface area (Å²) in [6.45, 7) is 1.89. The maximum atomic E-state index is 5.65. The third-order valence-electron chi connectivity index (χ3n) is 2.62. The molecule has 4 heteroatoms. The summed E-state index contributed by atoms with van der Waals surface area (Å²) in [5, 5.41) is 3.10. The molecule has 2 aromatic rings. The van der Waals surface area contributed by atoms with Crippen LogP contribution in [-0.2, 0) is 24.5 Å². The van der Waals surface area contributed by atoms with Crippen molar-refractivity contribution in [1.82, 2.24) is 5.32 Å². The number of ether oxygens (including phenoxy) is 1. The summed E-state index contributed by atoms with van der Waals surface area (Å²) in [5.41, 5.74) is 2.30. The average molecular weight is 310 g/mol. The van der Waals surface area contributed by atoms with Gasteiger partial charge in [0, 0.05) is 16.6 Å². The predicted octanol–water partition coefficient (Wildman–Crippen LogP) is 3.48. The molecule has 96 valence electrons. The van der Waals surface area contributed by atoms with E-state index in [4.69, 9.17) is 9.15 Å². The van der Waals surface area contributed by atoms with E-state index in [0.717, 1.165) is 27.9 Å². The summed E-state index contributed by atoms with van der Waals surface area (Å²) in [6.07, 6.45) is 1.70. The highest BCUT2D eigenvalue weighted by Crippen LogP contribution is 2.14. The van der Waals surface area contributed by atoms with Gasteiger partial charge in [-0.25, -0.2) is 0 Å². The number of hydrogen-bond acceptors (Lipinski definition) is 3. The fraction of sp³-hybridized carbons (Fsp3) is 0.286. The van der Waals surface area contributed by atoms with Gasteiger partial charge in [-0.15, -0.1) is 0 Å². The molecule has 1 N–H and O–H groups in total. The summed E-state index contributed by atoms with van der Waals surface area (Å²) in [6, 6.07) is 10.1. The highest BCUT2D eigenvalue weighted by Gasteiger charge is 2.05. The molecule has 0 aliphatic heterocycles. The van der Waals surface area contributed by atoms with Gasteiger partial charge in [0.1, 0.15) is 12.4 Å². The Morgan fingerprint density at radius 2 is 1.94 bits per heavy atom. The summed E-state index contributed by atoms with van der Waals surface area (Å²) in [5.74, 6) is 0.890. The van der Waals surface area contributed by atoms with Crippen LogP contribution in [0.1, 0.15) is 16.9 Å². The quantitative estimate of drug-likeness (QED) is 0.887. The van der Waals surface area contributed by atoms with Crippen LogP contribution in [0.5, 0.6) is 0 Å². The lowest BCUT2D eigenvalue weighted by Crippen LogP contribution is -2.06. The van der Waals surface area contributed by atoms with Gasteiger partial charge in [0.2, 0.25) is 0 Å². The van der Waals surface area contributed by atoms with Crippen molar-refractivity contribution in [2.45, 2.75) is 19.8 Å². The summed E-state index contributed by atoms with van der Waals surface area (Å²) in [4.78, 5) is 0. The van der Waals surface area contributed by atoms with E-state index in [0.29, 0.717) is 13.2 Å². The molecule has 1 aromatic carbocycles. The van der Waals surface area contributed by atoms with Crippen LogP contribution in [0, 0.1) is 0 Å². The molecule has 18 heavy (non-hydrogen) atoms. The Labute approximate surface area is 115 Å². The van der Waals surface area contributed by atoms with Crippen molar-refractivity contribution in [2.24, 2.45) is 0 Å². The zero-order valence-corrected chi connectivity index (χ0v) is 11.9. The van der Waals surface area contributed by atoms with Crippen LogP contribution in [0.25, 0.3) is 0 Å². The number of furan rings is 1.